The number of hydrogen-bond acceptors (Lipinski definition) is 5. The highest BCUT2D eigenvalue weighted by atomic mass is 16.7. The Bertz CT molecular complexity index is 1680. The molecule has 0 saturated heterocycles. The maximum Gasteiger partial charge on any atom is 0.335 e. The molecule has 28 heavy (non-hydrogen) atoms. The smallest absolute Gasteiger partial charge is 0.335 e. The molecule has 2 aliphatic rings. The van der Waals surface area contributed by atoms with Gasteiger partial charge in [-0.25, -0.2) is 0 Å². The number of nitrogens with zero attached hydrogens (tertiary/aromatic N) is 2. The lowest BCUT2D eigenvalue weighted by atomic mass is 10.0. The van der Waals surface area contributed by atoms with Crippen molar-refractivity contribution in [2.45, 2.75) is 13.2 Å². The van der Waals surface area contributed by atoms with E-state index in [1.165, 1.54) is 25.3 Å². The average molecular weight is 381 g/mol. The van der Waals surface area contributed by atoms with E-state index >= 15 is 0 Å². The molecule has 140 valence electrons. The molecule has 7 nitrogen and oxygen atoms in total. The van der Waals surface area contributed by atoms with E-state index in [-0.39, 0.29) is 49.9 Å². The Hall–Kier alpha value is -3.54. The average Bonchev–Trinajstić information content (AvgIpc) is 3.10. The second kappa shape index (κ2) is 6.56. The first kappa shape index (κ1) is 12.8. The highest BCUT2D eigenvalue weighted by Crippen LogP contribution is 2.28. The zero-order chi connectivity index (χ0) is 24.3. The van der Waals surface area contributed by atoms with Crippen molar-refractivity contribution in [1.82, 2.24) is 0 Å². The summed E-state index contributed by atoms with van der Waals surface area (Å²) in [5, 5.41) is 9.41. The van der Waals surface area contributed by atoms with Gasteiger partial charge in [-0.1, -0.05) is 19.0 Å². The van der Waals surface area contributed by atoms with E-state index in [1.54, 1.807) is 0 Å². The maximum atomic E-state index is 13.4. The van der Waals surface area contributed by atoms with Crippen molar-refractivity contribution in [3.8, 4) is 11.5 Å². The Morgan fingerprint density at radius 1 is 1.18 bits per heavy atom. The molecule has 0 aromatic heterocycles. The summed E-state index contributed by atoms with van der Waals surface area (Å²) >= 11 is 0. The topological polar surface area (TPSA) is 109 Å². The fourth-order valence-electron chi connectivity index (χ4n) is 3.54. The molecule has 0 fully saturated rings. The van der Waals surface area contributed by atoms with Crippen LogP contribution < -0.4 is 21.0 Å². The number of hydrogen-bond donors (Lipinski definition) is 1. The van der Waals surface area contributed by atoms with Gasteiger partial charge in [0.05, 0.1) is 16.0 Å². The van der Waals surface area contributed by atoms with Crippen molar-refractivity contribution in [3.63, 3.8) is 0 Å². The third-order valence-electron chi connectivity index (χ3n) is 4.64. The molecule has 2 aromatic rings. The Labute approximate surface area is 165 Å². The predicted octanol–water partition coefficient (Wildman–Crippen LogP) is 1.69. The SMILES string of the molecule is [2H]C([2H])([2H])C([2H])([2H])c1cc(O)c2c3c(=O)c4cccc(OCOC)c4c(=O)c=3c(=[N+]=[N-])c2c1. The minimum atomic E-state index is -3.08. The van der Waals surface area contributed by atoms with E-state index in [9.17, 15) is 20.2 Å². The van der Waals surface area contributed by atoms with Gasteiger partial charge in [-0.2, -0.15) is 4.79 Å². The third kappa shape index (κ3) is 2.34. The number of phenols is 1. The number of aryl methyl sites for hydroxylation is 1. The van der Waals surface area contributed by atoms with E-state index in [2.05, 4.69) is 4.79 Å². The van der Waals surface area contributed by atoms with Crippen LogP contribution in [0, 0.1) is 10.4 Å². The van der Waals surface area contributed by atoms with Gasteiger partial charge < -0.3 is 20.1 Å². The number of fused-ring (bicyclic) bond motifs is 3. The summed E-state index contributed by atoms with van der Waals surface area (Å²) < 4.78 is 48.7. The Kier molecular flexibility index (Phi) is 3.00. The Morgan fingerprint density at radius 3 is 2.71 bits per heavy atom. The van der Waals surface area contributed by atoms with Gasteiger partial charge in [0.15, 0.2) is 12.2 Å². The number of rotatable bonds is 4. The summed E-state index contributed by atoms with van der Waals surface area (Å²) in [6, 6.07) is 6.33. The van der Waals surface area contributed by atoms with Crippen LogP contribution in [0.2, 0.25) is 0 Å². The van der Waals surface area contributed by atoms with Crippen LogP contribution >= 0.6 is 0 Å². The summed E-state index contributed by atoms with van der Waals surface area (Å²) in [6.07, 6.45) is -2.87. The lowest BCUT2D eigenvalue weighted by Crippen LogP contribution is -2.20. The molecule has 0 radical (unpaired) electrons. The van der Waals surface area contributed by atoms with Crippen LogP contribution in [0.1, 0.15) is 19.3 Å². The van der Waals surface area contributed by atoms with Crippen molar-refractivity contribution in [2.75, 3.05) is 13.9 Å². The van der Waals surface area contributed by atoms with Gasteiger partial charge in [0.25, 0.3) is 0 Å². The summed E-state index contributed by atoms with van der Waals surface area (Å²) in [6.45, 7) is -3.27. The quantitative estimate of drug-likeness (QED) is 0.329. The van der Waals surface area contributed by atoms with Gasteiger partial charge in [-0.3, -0.25) is 9.59 Å². The molecule has 0 unspecified atom stereocenters. The molecule has 0 saturated carbocycles. The van der Waals surface area contributed by atoms with Crippen LogP contribution in [0.3, 0.4) is 0 Å². The van der Waals surface area contributed by atoms with Crippen LogP contribution in [-0.4, -0.2) is 23.8 Å². The van der Waals surface area contributed by atoms with Gasteiger partial charge >= 0.3 is 5.36 Å². The first-order valence-electron chi connectivity index (χ1n) is 10.6. The summed E-state index contributed by atoms with van der Waals surface area (Å²) in [7, 11) is 1.38. The van der Waals surface area contributed by atoms with E-state index in [0.29, 0.717) is 0 Å². The van der Waals surface area contributed by atoms with Crippen LogP contribution in [0.15, 0.2) is 39.9 Å². The van der Waals surface area contributed by atoms with Crippen LogP contribution in [0.25, 0.3) is 27.1 Å². The van der Waals surface area contributed by atoms with Crippen molar-refractivity contribution < 1.29 is 26.2 Å². The minimum absolute atomic E-state index is 0.00112. The molecule has 0 aliphatic heterocycles. The lowest BCUT2D eigenvalue weighted by Gasteiger charge is -2.07. The fourth-order valence-corrected chi connectivity index (χ4v) is 3.54. The standard InChI is InChI=1S/C21H16N2O5/c1-3-10-7-12-15(13(24)8-10)17-18(19(12)23-22)21(26)16-11(20(17)25)5-4-6-14(16)28-9-27-2/h4-8,24H,3,9H2,1-2H3/i1D3,3D2. The molecule has 4 rings (SSSR count). The maximum absolute atomic E-state index is 13.4. The number of aromatic hydroxyl groups is 1. The number of benzene rings is 2. The van der Waals surface area contributed by atoms with Gasteiger partial charge in [-0.05, 0) is 30.1 Å². The third-order valence-corrected chi connectivity index (χ3v) is 4.64. The van der Waals surface area contributed by atoms with Crippen molar-refractivity contribution in [3.05, 3.63) is 77.7 Å². The van der Waals surface area contributed by atoms with E-state index in [4.69, 9.17) is 16.3 Å². The first-order chi connectivity index (χ1) is 15.5. The van der Waals surface area contributed by atoms with E-state index < -0.39 is 35.4 Å². The molecule has 1 N–H and O–H groups in total. The zero-order valence-electron chi connectivity index (χ0n) is 19.6. The molecule has 0 heterocycles. The molecule has 0 spiro atoms. The molecule has 0 bridgehead atoms. The van der Waals surface area contributed by atoms with Gasteiger partial charge in [0.2, 0.25) is 5.43 Å². The largest absolute Gasteiger partial charge is 0.507 e. The van der Waals surface area contributed by atoms with Gasteiger partial charge in [-0.15, -0.1) is 0 Å². The highest BCUT2D eigenvalue weighted by molar-refractivity contribution is 5.95. The molecule has 0 amide bonds. The van der Waals surface area contributed by atoms with Crippen molar-refractivity contribution in [1.29, 1.82) is 0 Å². The molecule has 2 aromatic carbocycles. The minimum Gasteiger partial charge on any atom is -0.507 e. The molecular weight excluding hydrogens is 360 g/mol. The number of ether oxygens (including phenoxy) is 2. The Balaban J connectivity index is 2.28. The van der Waals surface area contributed by atoms with Crippen molar-refractivity contribution >= 4 is 21.5 Å². The summed E-state index contributed by atoms with van der Waals surface area (Å²) in [4.78, 5) is 30.0. The van der Waals surface area contributed by atoms with Crippen LogP contribution in [-0.2, 0) is 11.1 Å². The van der Waals surface area contributed by atoms with Gasteiger partial charge in [0.1, 0.15) is 16.7 Å². The second-order valence-corrected chi connectivity index (χ2v) is 6.13. The lowest BCUT2D eigenvalue weighted by molar-refractivity contribution is -0.0635. The van der Waals surface area contributed by atoms with Crippen molar-refractivity contribution in [2.24, 2.45) is 0 Å². The van der Waals surface area contributed by atoms with Crippen LogP contribution in [0.5, 0.6) is 11.5 Å². The Morgan fingerprint density at radius 2 is 2.00 bits per heavy atom. The second-order valence-electron chi connectivity index (χ2n) is 6.13. The summed E-state index contributed by atoms with van der Waals surface area (Å²) in [5.41, 5.74) is 7.92. The molecule has 0 atom stereocenters. The summed E-state index contributed by atoms with van der Waals surface area (Å²) in [5.74, 6) is -0.561. The van der Waals surface area contributed by atoms with Gasteiger partial charge in [0, 0.05) is 24.7 Å². The number of phenolic OH excluding ortho intramolecular Hbond substituents is 1. The normalized spacial score (nSPS) is 15.0. The molecule has 2 aliphatic carbocycles. The molecule has 7 heteroatoms. The predicted molar refractivity (Wildman–Crippen MR) is 102 cm³/mol. The highest BCUT2D eigenvalue weighted by Gasteiger charge is 2.23. The molecular formula is C21H16N2O5. The number of methoxy groups -OCH3 is 1. The van der Waals surface area contributed by atoms with E-state index in [1.807, 2.05) is 0 Å². The van der Waals surface area contributed by atoms with Crippen LogP contribution in [0.4, 0.5) is 0 Å². The fraction of sp³-hybridized carbons (Fsp3) is 0.190. The first-order valence-corrected chi connectivity index (χ1v) is 8.14. The van der Waals surface area contributed by atoms with E-state index in [0.717, 1.165) is 12.1 Å². The zero-order valence-corrected chi connectivity index (χ0v) is 14.6. The monoisotopic (exact) mass is 381 g/mol.